The first-order valence-corrected chi connectivity index (χ1v) is 5.48. The van der Waals surface area contributed by atoms with E-state index in [1.165, 1.54) is 0 Å². The van der Waals surface area contributed by atoms with Crippen LogP contribution in [0.25, 0.3) is 11.1 Å². The lowest BCUT2D eigenvalue weighted by Gasteiger charge is -2.08. The predicted octanol–water partition coefficient (Wildman–Crippen LogP) is 3.11. The molecule has 4 heteroatoms. The van der Waals surface area contributed by atoms with Crippen molar-refractivity contribution >= 4 is 23.6 Å². The van der Waals surface area contributed by atoms with E-state index in [1.807, 2.05) is 19.1 Å². The Morgan fingerprint density at radius 2 is 2.00 bits per heavy atom. The van der Waals surface area contributed by atoms with Crippen molar-refractivity contribution in [3.63, 3.8) is 0 Å². The first kappa shape index (κ1) is 11.6. The molecule has 1 aromatic heterocycles. The van der Waals surface area contributed by atoms with E-state index >= 15 is 0 Å². The molecule has 0 aliphatic heterocycles. The van der Waals surface area contributed by atoms with Gasteiger partial charge in [-0.25, -0.2) is 4.98 Å². The van der Waals surface area contributed by atoms with E-state index in [-0.39, 0.29) is 0 Å². The van der Waals surface area contributed by atoms with Crippen LogP contribution < -0.4 is 5.73 Å². The number of anilines is 1. The number of nitrogens with two attached hydrogens (primary N) is 1. The van der Waals surface area contributed by atoms with Crippen LogP contribution in [0.5, 0.6) is 0 Å². The Hall–Kier alpha value is -1.87. The summed E-state index contributed by atoms with van der Waals surface area (Å²) in [5.74, 6) is 0. The maximum Gasteiger partial charge on any atom is 0.169 e. The smallest absolute Gasteiger partial charge is 0.169 e. The second-order valence-corrected chi connectivity index (χ2v) is 4.17. The fraction of sp³-hybridized carbons (Fsp3) is 0.0769. The number of carbonyl (C=O) groups is 1. The third-order valence-electron chi connectivity index (χ3n) is 2.48. The van der Waals surface area contributed by atoms with Crippen LogP contribution >= 0.6 is 11.6 Å². The SMILES string of the molecule is Cc1ccc(-c2cc(Cl)ccc2N)c(C=O)n1. The number of pyridine rings is 1. The van der Waals surface area contributed by atoms with Gasteiger partial charge in [0.2, 0.25) is 0 Å². The molecule has 0 saturated heterocycles. The molecule has 0 aliphatic carbocycles. The van der Waals surface area contributed by atoms with Crippen LogP contribution in [0, 0.1) is 6.92 Å². The molecular weight excluding hydrogens is 236 g/mol. The van der Waals surface area contributed by atoms with Gasteiger partial charge in [-0.2, -0.15) is 0 Å². The molecule has 0 fully saturated rings. The lowest BCUT2D eigenvalue weighted by molar-refractivity contribution is 0.111. The Kier molecular flexibility index (Phi) is 3.11. The molecule has 2 N–H and O–H groups in total. The fourth-order valence-electron chi connectivity index (χ4n) is 1.66. The third-order valence-corrected chi connectivity index (χ3v) is 2.72. The highest BCUT2D eigenvalue weighted by molar-refractivity contribution is 6.31. The molecule has 0 aliphatic rings. The summed E-state index contributed by atoms with van der Waals surface area (Å²) in [5.41, 5.74) is 9.04. The second kappa shape index (κ2) is 4.55. The van der Waals surface area contributed by atoms with E-state index in [2.05, 4.69) is 4.98 Å². The van der Waals surface area contributed by atoms with Crippen molar-refractivity contribution in [2.45, 2.75) is 6.92 Å². The van der Waals surface area contributed by atoms with Crippen LogP contribution in [0.1, 0.15) is 16.2 Å². The van der Waals surface area contributed by atoms with Crippen LogP contribution in [0.4, 0.5) is 5.69 Å². The van der Waals surface area contributed by atoms with Gasteiger partial charge in [0.15, 0.2) is 6.29 Å². The summed E-state index contributed by atoms with van der Waals surface area (Å²) < 4.78 is 0. The summed E-state index contributed by atoms with van der Waals surface area (Å²) in [6, 6.07) is 8.82. The van der Waals surface area contributed by atoms with Crippen molar-refractivity contribution in [3.05, 3.63) is 46.7 Å². The highest BCUT2D eigenvalue weighted by atomic mass is 35.5. The molecule has 1 heterocycles. The van der Waals surface area contributed by atoms with Gasteiger partial charge < -0.3 is 5.73 Å². The van der Waals surface area contributed by atoms with Gasteiger partial charge in [0.05, 0.1) is 0 Å². The van der Waals surface area contributed by atoms with Gasteiger partial charge in [0.1, 0.15) is 5.69 Å². The normalized spacial score (nSPS) is 10.2. The van der Waals surface area contributed by atoms with Crippen molar-refractivity contribution in [1.82, 2.24) is 4.98 Å². The maximum atomic E-state index is 11.0. The van der Waals surface area contributed by atoms with Crippen LogP contribution in [0.15, 0.2) is 30.3 Å². The summed E-state index contributed by atoms with van der Waals surface area (Å²) in [4.78, 5) is 15.2. The molecule has 2 rings (SSSR count). The van der Waals surface area contributed by atoms with Crippen molar-refractivity contribution in [1.29, 1.82) is 0 Å². The zero-order valence-corrected chi connectivity index (χ0v) is 10.0. The first-order chi connectivity index (χ1) is 8.11. The number of carbonyl (C=O) groups excluding carboxylic acids is 1. The molecule has 17 heavy (non-hydrogen) atoms. The highest BCUT2D eigenvalue weighted by Crippen LogP contribution is 2.30. The van der Waals surface area contributed by atoms with E-state index in [4.69, 9.17) is 17.3 Å². The second-order valence-electron chi connectivity index (χ2n) is 3.73. The van der Waals surface area contributed by atoms with Gasteiger partial charge >= 0.3 is 0 Å². The average Bonchev–Trinajstić information content (AvgIpc) is 2.32. The number of hydrogen-bond acceptors (Lipinski definition) is 3. The zero-order chi connectivity index (χ0) is 12.4. The van der Waals surface area contributed by atoms with Crippen LogP contribution in [0.3, 0.4) is 0 Å². The van der Waals surface area contributed by atoms with Crippen LogP contribution in [-0.2, 0) is 0 Å². The summed E-state index contributed by atoms with van der Waals surface area (Å²) in [6.07, 6.45) is 0.725. The lowest BCUT2D eigenvalue weighted by atomic mass is 10.0. The quantitative estimate of drug-likeness (QED) is 0.654. The number of aldehydes is 1. The Morgan fingerprint density at radius 1 is 1.24 bits per heavy atom. The number of hydrogen-bond donors (Lipinski definition) is 1. The summed E-state index contributed by atoms with van der Waals surface area (Å²) >= 11 is 5.93. The average molecular weight is 247 g/mol. The first-order valence-electron chi connectivity index (χ1n) is 5.10. The Morgan fingerprint density at radius 3 is 2.71 bits per heavy atom. The molecule has 3 nitrogen and oxygen atoms in total. The highest BCUT2D eigenvalue weighted by Gasteiger charge is 2.09. The predicted molar refractivity (Wildman–Crippen MR) is 69.2 cm³/mol. The molecule has 1 aromatic carbocycles. The molecule has 0 unspecified atom stereocenters. The molecular formula is C13H11ClN2O. The van der Waals surface area contributed by atoms with Crippen LogP contribution in [0.2, 0.25) is 5.02 Å². The van der Waals surface area contributed by atoms with Crippen molar-refractivity contribution < 1.29 is 4.79 Å². The lowest BCUT2D eigenvalue weighted by Crippen LogP contribution is -1.97. The van der Waals surface area contributed by atoms with Gasteiger partial charge in [0, 0.05) is 27.5 Å². The molecule has 0 saturated carbocycles. The summed E-state index contributed by atoms with van der Waals surface area (Å²) in [7, 11) is 0. The van der Waals surface area contributed by atoms with E-state index < -0.39 is 0 Å². The largest absolute Gasteiger partial charge is 0.398 e. The van der Waals surface area contributed by atoms with Gasteiger partial charge in [-0.1, -0.05) is 17.7 Å². The van der Waals surface area contributed by atoms with E-state index in [1.54, 1.807) is 18.2 Å². The number of benzene rings is 1. The molecule has 2 aromatic rings. The monoisotopic (exact) mass is 246 g/mol. The molecule has 0 spiro atoms. The van der Waals surface area contributed by atoms with Gasteiger partial charge in [0.25, 0.3) is 0 Å². The topological polar surface area (TPSA) is 56.0 Å². The Bertz CT molecular complexity index is 582. The number of aromatic nitrogens is 1. The van der Waals surface area contributed by atoms with E-state index in [0.717, 1.165) is 17.5 Å². The Labute approximate surface area is 104 Å². The third kappa shape index (κ3) is 2.29. The van der Waals surface area contributed by atoms with Crippen molar-refractivity contribution in [2.75, 3.05) is 5.73 Å². The number of halogens is 1. The minimum atomic E-state index is 0.374. The van der Waals surface area contributed by atoms with Crippen molar-refractivity contribution in [2.24, 2.45) is 0 Å². The number of nitrogens with zero attached hydrogens (tertiary/aromatic N) is 1. The molecule has 0 bridgehead atoms. The fourth-order valence-corrected chi connectivity index (χ4v) is 1.83. The minimum absolute atomic E-state index is 0.374. The molecule has 86 valence electrons. The van der Waals surface area contributed by atoms with E-state index in [9.17, 15) is 4.79 Å². The molecule has 0 radical (unpaired) electrons. The molecule has 0 amide bonds. The summed E-state index contributed by atoms with van der Waals surface area (Å²) in [6.45, 7) is 1.83. The summed E-state index contributed by atoms with van der Waals surface area (Å²) in [5, 5.41) is 0.576. The number of nitrogen functional groups attached to an aromatic ring is 1. The van der Waals surface area contributed by atoms with Crippen LogP contribution in [-0.4, -0.2) is 11.3 Å². The molecule has 0 atom stereocenters. The maximum absolute atomic E-state index is 11.0. The van der Waals surface area contributed by atoms with Gasteiger partial charge in [-0.3, -0.25) is 4.79 Å². The Balaban J connectivity index is 2.67. The van der Waals surface area contributed by atoms with Gasteiger partial charge in [-0.05, 0) is 31.2 Å². The standard InChI is InChI=1S/C13H11ClN2O/c1-8-2-4-10(13(7-17)16-8)11-6-9(14)3-5-12(11)15/h2-7H,15H2,1H3. The number of rotatable bonds is 2. The zero-order valence-electron chi connectivity index (χ0n) is 9.27. The number of aryl methyl sites for hydroxylation is 1. The van der Waals surface area contributed by atoms with E-state index in [0.29, 0.717) is 22.0 Å². The van der Waals surface area contributed by atoms with Gasteiger partial charge in [-0.15, -0.1) is 0 Å². The van der Waals surface area contributed by atoms with Crippen molar-refractivity contribution in [3.8, 4) is 11.1 Å². The minimum Gasteiger partial charge on any atom is -0.398 e.